The number of carbonyl (C=O) groups excluding carboxylic acids is 1. The Morgan fingerprint density at radius 2 is 1.81 bits per heavy atom. The van der Waals surface area contributed by atoms with Gasteiger partial charge in [0.1, 0.15) is 18.1 Å². The minimum Gasteiger partial charge on any atom is -0.494 e. The summed E-state index contributed by atoms with van der Waals surface area (Å²) in [6, 6.07) is 20.3. The highest BCUT2D eigenvalue weighted by molar-refractivity contribution is 14.1. The normalized spacial score (nSPS) is 10.8. The summed E-state index contributed by atoms with van der Waals surface area (Å²) in [4.78, 5) is 12.3. The summed E-state index contributed by atoms with van der Waals surface area (Å²) in [5, 5.41) is 4.62. The van der Waals surface area contributed by atoms with Crippen LogP contribution in [0.3, 0.4) is 0 Å². The minimum atomic E-state index is -0.318. The molecule has 5 nitrogen and oxygen atoms in total. The molecular weight excluding hydrogens is 527 g/mol. The molecule has 31 heavy (non-hydrogen) atoms. The first-order valence-corrected chi connectivity index (χ1v) is 11.2. The van der Waals surface area contributed by atoms with Crippen LogP contribution in [0.25, 0.3) is 0 Å². The number of ether oxygens (including phenoxy) is 2. The lowest BCUT2D eigenvalue weighted by atomic mass is 10.2. The SMILES string of the molecule is CCCOc1ccc(C(=O)N/N=C\c2cc(Cl)ccc2OCc2ccc(I)cc2)cc1. The number of carbonyl (C=O) groups is 1. The molecule has 0 fully saturated rings. The Labute approximate surface area is 200 Å². The van der Waals surface area contributed by atoms with Gasteiger partial charge in [0.15, 0.2) is 0 Å². The molecule has 7 heteroatoms. The number of hydrogen-bond acceptors (Lipinski definition) is 4. The largest absolute Gasteiger partial charge is 0.494 e. The molecule has 0 aliphatic heterocycles. The molecule has 0 heterocycles. The number of rotatable bonds is 9. The maximum absolute atomic E-state index is 12.3. The Kier molecular flexibility index (Phi) is 8.73. The second kappa shape index (κ2) is 11.7. The Balaban J connectivity index is 1.62. The van der Waals surface area contributed by atoms with Crippen molar-refractivity contribution in [1.82, 2.24) is 5.43 Å². The van der Waals surface area contributed by atoms with Gasteiger partial charge < -0.3 is 9.47 Å². The number of nitrogens with zero attached hydrogens (tertiary/aromatic N) is 1. The number of nitrogens with one attached hydrogen (secondary N) is 1. The Morgan fingerprint density at radius 3 is 2.52 bits per heavy atom. The van der Waals surface area contributed by atoms with Crippen LogP contribution in [0.5, 0.6) is 11.5 Å². The van der Waals surface area contributed by atoms with E-state index in [9.17, 15) is 4.79 Å². The molecule has 0 aromatic heterocycles. The molecule has 3 rings (SSSR count). The monoisotopic (exact) mass is 548 g/mol. The molecular formula is C24H22ClIN2O3. The molecule has 0 spiro atoms. The topological polar surface area (TPSA) is 59.9 Å². The molecule has 0 atom stereocenters. The maximum atomic E-state index is 12.3. The summed E-state index contributed by atoms with van der Waals surface area (Å²) in [7, 11) is 0. The third kappa shape index (κ3) is 7.25. The molecule has 0 radical (unpaired) electrons. The summed E-state index contributed by atoms with van der Waals surface area (Å²) >= 11 is 8.39. The number of halogens is 2. The Morgan fingerprint density at radius 1 is 1.06 bits per heavy atom. The van der Waals surface area contributed by atoms with E-state index in [-0.39, 0.29) is 5.91 Å². The molecule has 0 aliphatic rings. The van der Waals surface area contributed by atoms with E-state index in [4.69, 9.17) is 21.1 Å². The molecule has 0 aliphatic carbocycles. The zero-order valence-corrected chi connectivity index (χ0v) is 19.9. The summed E-state index contributed by atoms with van der Waals surface area (Å²) < 4.78 is 12.6. The van der Waals surface area contributed by atoms with Crippen molar-refractivity contribution in [1.29, 1.82) is 0 Å². The van der Waals surface area contributed by atoms with Crippen LogP contribution in [0.15, 0.2) is 71.8 Å². The lowest BCUT2D eigenvalue weighted by molar-refractivity contribution is 0.0955. The fourth-order valence-corrected chi connectivity index (χ4v) is 3.18. The van der Waals surface area contributed by atoms with Crippen LogP contribution < -0.4 is 14.9 Å². The third-order valence-electron chi connectivity index (χ3n) is 4.24. The summed E-state index contributed by atoms with van der Waals surface area (Å²) in [5.74, 6) is 1.04. The van der Waals surface area contributed by atoms with Crippen molar-refractivity contribution in [3.05, 3.63) is 92.0 Å². The number of amides is 1. The number of hydrazone groups is 1. The van der Waals surface area contributed by atoms with Gasteiger partial charge in [0, 0.05) is 19.7 Å². The van der Waals surface area contributed by atoms with E-state index in [1.807, 2.05) is 31.2 Å². The van der Waals surface area contributed by atoms with Crippen molar-refractivity contribution < 1.29 is 14.3 Å². The highest BCUT2D eigenvalue weighted by atomic mass is 127. The zero-order valence-electron chi connectivity index (χ0n) is 17.0. The van der Waals surface area contributed by atoms with Gasteiger partial charge in [-0.25, -0.2) is 5.43 Å². The second-order valence-corrected chi connectivity index (χ2v) is 8.35. The molecule has 1 N–H and O–H groups in total. The van der Waals surface area contributed by atoms with Crippen LogP contribution >= 0.6 is 34.2 Å². The van der Waals surface area contributed by atoms with Gasteiger partial charge in [-0.05, 0) is 89.2 Å². The second-order valence-electron chi connectivity index (χ2n) is 6.67. The van der Waals surface area contributed by atoms with E-state index in [0.29, 0.717) is 35.1 Å². The van der Waals surface area contributed by atoms with E-state index >= 15 is 0 Å². The molecule has 0 saturated carbocycles. The molecule has 0 saturated heterocycles. The minimum absolute atomic E-state index is 0.318. The fourth-order valence-electron chi connectivity index (χ4n) is 2.64. The first-order chi connectivity index (χ1) is 15.0. The predicted molar refractivity (Wildman–Crippen MR) is 132 cm³/mol. The van der Waals surface area contributed by atoms with Crippen molar-refractivity contribution in [3.8, 4) is 11.5 Å². The third-order valence-corrected chi connectivity index (χ3v) is 5.19. The average molecular weight is 549 g/mol. The van der Waals surface area contributed by atoms with Crippen LogP contribution in [-0.2, 0) is 6.61 Å². The Bertz CT molecular complexity index is 1040. The number of benzene rings is 3. The van der Waals surface area contributed by atoms with Crippen LogP contribution in [-0.4, -0.2) is 18.7 Å². The van der Waals surface area contributed by atoms with Crippen molar-refractivity contribution in [3.63, 3.8) is 0 Å². The zero-order chi connectivity index (χ0) is 22.1. The summed E-state index contributed by atoms with van der Waals surface area (Å²) in [6.45, 7) is 3.10. The van der Waals surface area contributed by atoms with Crippen LogP contribution in [0.4, 0.5) is 0 Å². The molecule has 3 aromatic rings. The van der Waals surface area contributed by atoms with Gasteiger partial charge in [0.05, 0.1) is 12.8 Å². The lowest BCUT2D eigenvalue weighted by Gasteiger charge is -2.10. The van der Waals surface area contributed by atoms with Crippen LogP contribution in [0.1, 0.15) is 34.8 Å². The molecule has 160 valence electrons. The number of hydrogen-bond donors (Lipinski definition) is 1. The van der Waals surface area contributed by atoms with Crippen molar-refractivity contribution >= 4 is 46.3 Å². The standard InChI is InChI=1S/C24H22ClIN2O3/c1-2-13-30-22-10-5-18(6-11-22)24(29)28-27-15-19-14-20(25)7-12-23(19)31-16-17-3-8-21(26)9-4-17/h3-12,14-15H,2,13,16H2,1H3,(H,28,29)/b27-15-. The highest BCUT2D eigenvalue weighted by Gasteiger charge is 2.06. The van der Waals surface area contributed by atoms with Gasteiger partial charge >= 0.3 is 0 Å². The average Bonchev–Trinajstić information content (AvgIpc) is 2.78. The Hall–Kier alpha value is -2.58. The van der Waals surface area contributed by atoms with Gasteiger partial charge in [0.25, 0.3) is 5.91 Å². The fraction of sp³-hybridized carbons (Fsp3) is 0.167. The van der Waals surface area contributed by atoms with Gasteiger partial charge in [-0.1, -0.05) is 30.7 Å². The van der Waals surface area contributed by atoms with Gasteiger partial charge in [-0.3, -0.25) is 4.79 Å². The van der Waals surface area contributed by atoms with Crippen LogP contribution in [0.2, 0.25) is 5.02 Å². The van der Waals surface area contributed by atoms with Crippen molar-refractivity contribution in [2.75, 3.05) is 6.61 Å². The highest BCUT2D eigenvalue weighted by Crippen LogP contribution is 2.23. The lowest BCUT2D eigenvalue weighted by Crippen LogP contribution is -2.17. The smallest absolute Gasteiger partial charge is 0.271 e. The van der Waals surface area contributed by atoms with E-state index in [2.05, 4.69) is 33.1 Å². The van der Waals surface area contributed by atoms with E-state index in [1.165, 1.54) is 9.78 Å². The van der Waals surface area contributed by atoms with Crippen LogP contribution in [0, 0.1) is 3.57 Å². The predicted octanol–water partition coefficient (Wildman–Crippen LogP) is 6.08. The van der Waals surface area contributed by atoms with E-state index in [1.54, 1.807) is 42.5 Å². The maximum Gasteiger partial charge on any atom is 0.271 e. The quantitative estimate of drug-likeness (QED) is 0.200. The summed E-state index contributed by atoms with van der Waals surface area (Å²) in [6.07, 6.45) is 2.45. The van der Waals surface area contributed by atoms with Crippen molar-refractivity contribution in [2.24, 2.45) is 5.10 Å². The molecule has 0 bridgehead atoms. The summed E-state index contributed by atoms with van der Waals surface area (Å²) in [5.41, 5.74) is 4.74. The van der Waals surface area contributed by atoms with Crippen molar-refractivity contribution in [2.45, 2.75) is 20.0 Å². The van der Waals surface area contributed by atoms with E-state index < -0.39 is 0 Å². The first kappa shape index (κ1) is 23.1. The van der Waals surface area contributed by atoms with Gasteiger partial charge in [0.2, 0.25) is 0 Å². The van der Waals surface area contributed by atoms with Gasteiger partial charge in [-0.2, -0.15) is 5.10 Å². The van der Waals surface area contributed by atoms with Gasteiger partial charge in [-0.15, -0.1) is 0 Å². The van der Waals surface area contributed by atoms with E-state index in [0.717, 1.165) is 17.7 Å². The molecule has 3 aromatic carbocycles. The molecule has 0 unspecified atom stereocenters. The molecule has 1 amide bonds. The first-order valence-electron chi connectivity index (χ1n) is 9.78.